The Bertz CT molecular complexity index is 471. The highest BCUT2D eigenvalue weighted by Crippen LogP contribution is 2.23. The molecule has 0 aliphatic carbocycles. The van der Waals surface area contributed by atoms with Crippen LogP contribution in [0.2, 0.25) is 0 Å². The number of hydrogen-bond donors (Lipinski definition) is 1. The molecule has 0 fully saturated rings. The lowest BCUT2D eigenvalue weighted by Gasteiger charge is -2.15. The van der Waals surface area contributed by atoms with Crippen molar-refractivity contribution >= 4 is 5.97 Å². The summed E-state index contributed by atoms with van der Waals surface area (Å²) < 4.78 is 5.63. The first kappa shape index (κ1) is 15.0. The summed E-state index contributed by atoms with van der Waals surface area (Å²) in [5.74, 6) is -0.177. The highest BCUT2D eigenvalue weighted by molar-refractivity contribution is 5.87. The molecular weight excluding hydrogens is 254 g/mol. The van der Waals surface area contributed by atoms with Gasteiger partial charge in [0.15, 0.2) is 0 Å². The Morgan fingerprint density at radius 3 is 2.75 bits per heavy atom. The van der Waals surface area contributed by atoms with E-state index in [4.69, 9.17) is 9.84 Å². The Kier molecular flexibility index (Phi) is 5.15. The van der Waals surface area contributed by atoms with Gasteiger partial charge in [0.25, 0.3) is 0 Å². The van der Waals surface area contributed by atoms with E-state index in [-0.39, 0.29) is 0 Å². The summed E-state index contributed by atoms with van der Waals surface area (Å²) in [5, 5.41) is 8.99. The molecule has 1 aliphatic heterocycles. The van der Waals surface area contributed by atoms with Crippen molar-refractivity contribution in [2.24, 2.45) is 5.92 Å². The Morgan fingerprint density at radius 2 is 2.05 bits per heavy atom. The predicted molar refractivity (Wildman–Crippen MR) is 77.8 cm³/mol. The van der Waals surface area contributed by atoms with Gasteiger partial charge in [-0.2, -0.15) is 0 Å². The summed E-state index contributed by atoms with van der Waals surface area (Å²) >= 11 is 0. The maximum Gasteiger partial charge on any atom is 0.335 e. The highest BCUT2D eigenvalue weighted by atomic mass is 16.5. The van der Waals surface area contributed by atoms with Gasteiger partial charge in [-0.05, 0) is 35.6 Å². The molecule has 1 N–H and O–H groups in total. The number of carbonyl (C=O) groups is 1. The Labute approximate surface area is 120 Å². The summed E-state index contributed by atoms with van der Waals surface area (Å²) in [5.41, 5.74) is 2.74. The van der Waals surface area contributed by atoms with E-state index in [1.165, 1.54) is 5.56 Å². The molecule has 2 rings (SSSR count). The van der Waals surface area contributed by atoms with Gasteiger partial charge in [0, 0.05) is 26.2 Å². The smallest absolute Gasteiger partial charge is 0.335 e. The fraction of sp³-hybridized carbons (Fsp3) is 0.562. The van der Waals surface area contributed by atoms with Gasteiger partial charge in [0.1, 0.15) is 0 Å². The van der Waals surface area contributed by atoms with Crippen molar-refractivity contribution in [2.75, 3.05) is 19.8 Å². The number of rotatable bonds is 7. The molecule has 4 heteroatoms. The van der Waals surface area contributed by atoms with Crippen LogP contribution >= 0.6 is 0 Å². The molecule has 0 aromatic heterocycles. The zero-order valence-electron chi connectivity index (χ0n) is 12.3. The van der Waals surface area contributed by atoms with Crippen LogP contribution in [0.4, 0.5) is 0 Å². The zero-order chi connectivity index (χ0) is 14.5. The second-order valence-electron chi connectivity index (χ2n) is 5.79. The first-order valence-corrected chi connectivity index (χ1v) is 7.21. The molecule has 0 radical (unpaired) electrons. The summed E-state index contributed by atoms with van der Waals surface area (Å²) in [6.07, 6.45) is 1.10. The van der Waals surface area contributed by atoms with Crippen molar-refractivity contribution in [3.05, 3.63) is 34.9 Å². The van der Waals surface area contributed by atoms with Gasteiger partial charge in [-0.1, -0.05) is 19.9 Å². The van der Waals surface area contributed by atoms with Crippen LogP contribution in [0, 0.1) is 5.92 Å². The normalized spacial score (nSPS) is 14.8. The molecule has 0 saturated heterocycles. The number of hydrogen-bond acceptors (Lipinski definition) is 3. The molecule has 0 spiro atoms. The van der Waals surface area contributed by atoms with Gasteiger partial charge < -0.3 is 9.84 Å². The maximum atomic E-state index is 10.9. The minimum Gasteiger partial charge on any atom is -0.478 e. The van der Waals surface area contributed by atoms with Crippen LogP contribution in [0.5, 0.6) is 0 Å². The number of nitrogens with zero attached hydrogens (tertiary/aromatic N) is 1. The van der Waals surface area contributed by atoms with Crippen molar-refractivity contribution in [3.8, 4) is 0 Å². The topological polar surface area (TPSA) is 49.8 Å². The van der Waals surface area contributed by atoms with E-state index >= 15 is 0 Å². The Morgan fingerprint density at radius 1 is 1.30 bits per heavy atom. The Hall–Kier alpha value is -1.39. The molecule has 1 aliphatic rings. The standard InChI is InChI=1S/C16H23NO3/c1-12(2)5-7-20-8-6-17-10-14-4-3-13(16(18)19)9-15(14)11-17/h3-4,9,12H,5-8,10-11H2,1-2H3,(H,18,19). The maximum absolute atomic E-state index is 10.9. The van der Waals surface area contributed by atoms with Gasteiger partial charge in [0.2, 0.25) is 0 Å². The van der Waals surface area contributed by atoms with Crippen molar-refractivity contribution in [1.82, 2.24) is 4.90 Å². The zero-order valence-corrected chi connectivity index (χ0v) is 12.3. The van der Waals surface area contributed by atoms with E-state index in [0.29, 0.717) is 11.5 Å². The molecule has 1 aromatic carbocycles. The number of benzene rings is 1. The molecule has 0 atom stereocenters. The number of carboxylic acid groups (broad SMARTS) is 1. The molecule has 0 saturated carbocycles. The van der Waals surface area contributed by atoms with Gasteiger partial charge in [-0.25, -0.2) is 4.79 Å². The molecule has 110 valence electrons. The van der Waals surface area contributed by atoms with Crippen molar-refractivity contribution in [3.63, 3.8) is 0 Å². The van der Waals surface area contributed by atoms with Crippen LogP contribution in [-0.2, 0) is 17.8 Å². The quantitative estimate of drug-likeness (QED) is 0.779. The fourth-order valence-electron chi connectivity index (χ4n) is 2.37. The van der Waals surface area contributed by atoms with Crippen LogP contribution in [0.3, 0.4) is 0 Å². The summed E-state index contributed by atoms with van der Waals surface area (Å²) in [6.45, 7) is 8.57. The van der Waals surface area contributed by atoms with Gasteiger partial charge in [-0.15, -0.1) is 0 Å². The molecule has 1 aromatic rings. The first-order valence-electron chi connectivity index (χ1n) is 7.21. The molecule has 0 bridgehead atoms. The molecule has 1 heterocycles. The van der Waals surface area contributed by atoms with E-state index in [9.17, 15) is 4.79 Å². The fourth-order valence-corrected chi connectivity index (χ4v) is 2.37. The lowest BCUT2D eigenvalue weighted by atomic mass is 10.1. The van der Waals surface area contributed by atoms with Gasteiger partial charge in [-0.3, -0.25) is 4.90 Å². The SMILES string of the molecule is CC(C)CCOCCN1Cc2ccc(C(=O)O)cc2C1. The lowest BCUT2D eigenvalue weighted by molar-refractivity contribution is 0.0696. The largest absolute Gasteiger partial charge is 0.478 e. The number of ether oxygens (including phenoxy) is 1. The molecule has 4 nitrogen and oxygen atoms in total. The molecule has 20 heavy (non-hydrogen) atoms. The average Bonchev–Trinajstić information content (AvgIpc) is 2.79. The van der Waals surface area contributed by atoms with E-state index in [2.05, 4.69) is 18.7 Å². The van der Waals surface area contributed by atoms with E-state index in [1.807, 2.05) is 6.07 Å². The second-order valence-corrected chi connectivity index (χ2v) is 5.79. The number of carboxylic acids is 1. The highest BCUT2D eigenvalue weighted by Gasteiger charge is 2.19. The Balaban J connectivity index is 1.77. The van der Waals surface area contributed by atoms with Crippen molar-refractivity contribution < 1.29 is 14.6 Å². The summed E-state index contributed by atoms with van der Waals surface area (Å²) in [4.78, 5) is 13.2. The van der Waals surface area contributed by atoms with Crippen LogP contribution in [0.15, 0.2) is 18.2 Å². The minimum atomic E-state index is -0.858. The van der Waals surface area contributed by atoms with Crippen LogP contribution in [-0.4, -0.2) is 35.7 Å². The van der Waals surface area contributed by atoms with Crippen molar-refractivity contribution in [2.45, 2.75) is 33.4 Å². The van der Waals surface area contributed by atoms with Crippen LogP contribution in [0.25, 0.3) is 0 Å². The molecule has 0 unspecified atom stereocenters. The number of fused-ring (bicyclic) bond motifs is 1. The predicted octanol–water partition coefficient (Wildman–Crippen LogP) is 2.76. The summed E-state index contributed by atoms with van der Waals surface area (Å²) in [7, 11) is 0. The first-order chi connectivity index (χ1) is 9.56. The molecular formula is C16H23NO3. The molecule has 0 amide bonds. The second kappa shape index (κ2) is 6.86. The van der Waals surface area contributed by atoms with E-state index < -0.39 is 5.97 Å². The third-order valence-electron chi connectivity index (χ3n) is 3.63. The lowest BCUT2D eigenvalue weighted by Crippen LogP contribution is -2.22. The number of aromatic carboxylic acids is 1. The van der Waals surface area contributed by atoms with Crippen LogP contribution < -0.4 is 0 Å². The van der Waals surface area contributed by atoms with Crippen LogP contribution in [0.1, 0.15) is 41.8 Å². The van der Waals surface area contributed by atoms with Gasteiger partial charge in [0.05, 0.1) is 12.2 Å². The van der Waals surface area contributed by atoms with E-state index in [1.54, 1.807) is 12.1 Å². The average molecular weight is 277 g/mol. The third kappa shape index (κ3) is 4.05. The monoisotopic (exact) mass is 277 g/mol. The van der Waals surface area contributed by atoms with E-state index in [0.717, 1.165) is 44.8 Å². The van der Waals surface area contributed by atoms with Gasteiger partial charge >= 0.3 is 5.97 Å². The third-order valence-corrected chi connectivity index (χ3v) is 3.63. The summed E-state index contributed by atoms with van der Waals surface area (Å²) in [6, 6.07) is 5.40. The van der Waals surface area contributed by atoms with Crippen molar-refractivity contribution in [1.29, 1.82) is 0 Å². The minimum absolute atomic E-state index is 0.374.